The van der Waals surface area contributed by atoms with Crippen molar-refractivity contribution in [2.45, 2.75) is 37.3 Å². The molecule has 0 bridgehead atoms. The normalized spacial score (nSPS) is 25.9. The first-order chi connectivity index (χ1) is 11.1. The van der Waals surface area contributed by atoms with Crippen molar-refractivity contribution in [3.05, 3.63) is 28.5 Å². The Morgan fingerprint density at radius 3 is 2.78 bits per heavy atom. The van der Waals surface area contributed by atoms with E-state index >= 15 is 0 Å². The summed E-state index contributed by atoms with van der Waals surface area (Å²) in [5.74, 6) is 2.23. The second kappa shape index (κ2) is 9.89. The predicted molar refractivity (Wildman–Crippen MR) is 82.2 cm³/mol. The Kier molecular flexibility index (Phi) is 8.18. The SMILES string of the molecule is COCC(OC)C(OC)C1OC(C)=CC(N=[N+]=[N-])C1NC=C=O. The molecule has 0 amide bonds. The fourth-order valence-corrected chi connectivity index (χ4v) is 2.58. The Hall–Kier alpha value is -2.02. The lowest BCUT2D eigenvalue weighted by molar-refractivity contribution is -0.132. The third kappa shape index (κ3) is 4.99. The molecule has 0 aromatic rings. The molecule has 9 heteroatoms. The second-order valence-corrected chi connectivity index (χ2v) is 4.94. The Morgan fingerprint density at radius 1 is 1.52 bits per heavy atom. The summed E-state index contributed by atoms with van der Waals surface area (Å²) >= 11 is 0. The molecule has 1 aliphatic rings. The number of rotatable bonds is 9. The van der Waals surface area contributed by atoms with Gasteiger partial charge in [0.05, 0.1) is 30.6 Å². The van der Waals surface area contributed by atoms with E-state index in [4.69, 9.17) is 24.5 Å². The van der Waals surface area contributed by atoms with Gasteiger partial charge in [-0.2, -0.15) is 0 Å². The van der Waals surface area contributed by atoms with Crippen LogP contribution in [0, 0.1) is 0 Å². The molecule has 5 atom stereocenters. The van der Waals surface area contributed by atoms with Gasteiger partial charge in [0, 0.05) is 26.2 Å². The number of nitrogens with one attached hydrogen (secondary N) is 1. The maximum atomic E-state index is 10.5. The number of hydrogen-bond acceptors (Lipinski definition) is 7. The van der Waals surface area contributed by atoms with Gasteiger partial charge in [-0.25, -0.2) is 4.79 Å². The van der Waals surface area contributed by atoms with E-state index in [9.17, 15) is 4.79 Å². The molecule has 5 unspecified atom stereocenters. The van der Waals surface area contributed by atoms with E-state index in [0.29, 0.717) is 12.4 Å². The number of methoxy groups -OCH3 is 3. The van der Waals surface area contributed by atoms with Gasteiger partial charge >= 0.3 is 0 Å². The topological polar surface area (TPSA) is 115 Å². The van der Waals surface area contributed by atoms with Gasteiger partial charge in [0.25, 0.3) is 0 Å². The first-order valence-electron chi connectivity index (χ1n) is 7.02. The zero-order chi connectivity index (χ0) is 17.2. The van der Waals surface area contributed by atoms with Crippen molar-refractivity contribution in [1.29, 1.82) is 0 Å². The summed E-state index contributed by atoms with van der Waals surface area (Å²) in [6, 6.07) is -1.07. The minimum Gasteiger partial charge on any atom is -0.490 e. The van der Waals surface area contributed by atoms with Crippen molar-refractivity contribution in [3.63, 3.8) is 0 Å². The standard InChI is InChI=1S/C14H22N4O5/c1-9-7-10(17-18-15)12(16-5-6-19)14(23-9)13(22-4)11(21-3)8-20-2/h5,7,10-14,16H,8H2,1-4H3. The Balaban J connectivity index is 3.17. The van der Waals surface area contributed by atoms with Crippen molar-refractivity contribution in [2.24, 2.45) is 5.11 Å². The first kappa shape index (κ1) is 19.0. The molecule has 0 saturated carbocycles. The van der Waals surface area contributed by atoms with Gasteiger partial charge in [-0.3, -0.25) is 0 Å². The highest BCUT2D eigenvalue weighted by molar-refractivity contribution is 5.44. The fourth-order valence-electron chi connectivity index (χ4n) is 2.58. The van der Waals surface area contributed by atoms with Crippen LogP contribution >= 0.6 is 0 Å². The Bertz CT molecular complexity index is 499. The number of nitrogens with zero attached hydrogens (tertiary/aromatic N) is 3. The highest BCUT2D eigenvalue weighted by Crippen LogP contribution is 2.26. The monoisotopic (exact) mass is 326 g/mol. The molecular weight excluding hydrogens is 304 g/mol. The molecule has 0 aromatic heterocycles. The number of allylic oxidation sites excluding steroid dienone is 1. The summed E-state index contributed by atoms with van der Waals surface area (Å²) in [6.07, 6.45) is 1.30. The van der Waals surface area contributed by atoms with Crippen molar-refractivity contribution >= 4 is 5.94 Å². The molecule has 0 spiro atoms. The number of ether oxygens (including phenoxy) is 4. The predicted octanol–water partition coefficient (Wildman–Crippen LogP) is 0.948. The molecule has 1 heterocycles. The van der Waals surface area contributed by atoms with Crippen molar-refractivity contribution in [3.8, 4) is 0 Å². The average Bonchev–Trinajstić information content (AvgIpc) is 2.54. The Morgan fingerprint density at radius 2 is 2.26 bits per heavy atom. The summed E-state index contributed by atoms with van der Waals surface area (Å²) in [6.45, 7) is 2.05. The number of carbonyl (C=O) groups excluding carboxylic acids is 1. The van der Waals surface area contributed by atoms with Crippen LogP contribution in [-0.4, -0.2) is 64.3 Å². The molecule has 0 aliphatic carbocycles. The van der Waals surface area contributed by atoms with E-state index in [1.807, 2.05) is 0 Å². The van der Waals surface area contributed by atoms with Crippen molar-refractivity contribution in [1.82, 2.24) is 5.32 Å². The van der Waals surface area contributed by atoms with Gasteiger partial charge in [0.15, 0.2) is 0 Å². The lowest BCUT2D eigenvalue weighted by atomic mass is 9.92. The number of azide groups is 1. The van der Waals surface area contributed by atoms with Crippen LogP contribution in [0.4, 0.5) is 0 Å². The summed E-state index contributed by atoms with van der Waals surface area (Å²) in [4.78, 5) is 13.4. The van der Waals surface area contributed by atoms with Crippen LogP contribution in [0.25, 0.3) is 10.4 Å². The van der Waals surface area contributed by atoms with Crippen LogP contribution in [0.3, 0.4) is 0 Å². The molecular formula is C14H22N4O5. The molecule has 23 heavy (non-hydrogen) atoms. The van der Waals surface area contributed by atoms with Gasteiger partial charge < -0.3 is 24.3 Å². The maximum absolute atomic E-state index is 10.5. The van der Waals surface area contributed by atoms with E-state index in [-0.39, 0.29) is 0 Å². The molecule has 0 fully saturated rings. The fraction of sp³-hybridized carbons (Fsp3) is 0.714. The zero-order valence-corrected chi connectivity index (χ0v) is 13.6. The van der Waals surface area contributed by atoms with Gasteiger partial charge in [-0.05, 0) is 18.5 Å². The highest BCUT2D eigenvalue weighted by Gasteiger charge is 2.42. The smallest absolute Gasteiger partial charge is 0.147 e. The van der Waals surface area contributed by atoms with Crippen LogP contribution in [-0.2, 0) is 23.7 Å². The average molecular weight is 326 g/mol. The summed E-state index contributed by atoms with van der Waals surface area (Å²) in [5.41, 5.74) is 8.77. The first-order valence-corrected chi connectivity index (χ1v) is 7.02. The largest absolute Gasteiger partial charge is 0.490 e. The molecule has 9 nitrogen and oxygen atoms in total. The number of hydrogen-bond donors (Lipinski definition) is 1. The van der Waals surface area contributed by atoms with Crippen molar-refractivity contribution < 1.29 is 23.7 Å². The van der Waals surface area contributed by atoms with Gasteiger partial charge in [0.1, 0.15) is 24.3 Å². The van der Waals surface area contributed by atoms with E-state index in [2.05, 4.69) is 15.3 Å². The summed E-state index contributed by atoms with van der Waals surface area (Å²) in [5, 5.41) is 6.60. The molecule has 0 saturated heterocycles. The molecule has 1 rings (SSSR count). The molecule has 1 N–H and O–H groups in total. The lowest BCUT2D eigenvalue weighted by Crippen LogP contribution is -2.57. The van der Waals surface area contributed by atoms with Gasteiger partial charge in [-0.1, -0.05) is 5.11 Å². The summed E-state index contributed by atoms with van der Waals surface area (Å²) < 4.78 is 21.9. The van der Waals surface area contributed by atoms with E-state index in [1.54, 1.807) is 33.2 Å². The second-order valence-electron chi connectivity index (χ2n) is 4.94. The third-order valence-electron chi connectivity index (χ3n) is 3.57. The van der Waals surface area contributed by atoms with E-state index in [1.165, 1.54) is 7.11 Å². The maximum Gasteiger partial charge on any atom is 0.147 e. The van der Waals surface area contributed by atoms with E-state index < -0.39 is 30.4 Å². The van der Waals surface area contributed by atoms with Crippen molar-refractivity contribution in [2.75, 3.05) is 27.9 Å². The van der Waals surface area contributed by atoms with Crippen LogP contribution in [0.2, 0.25) is 0 Å². The molecule has 1 aliphatic heterocycles. The van der Waals surface area contributed by atoms with Crippen LogP contribution in [0.5, 0.6) is 0 Å². The Labute approximate surface area is 134 Å². The van der Waals surface area contributed by atoms with E-state index in [0.717, 1.165) is 6.20 Å². The van der Waals surface area contributed by atoms with Gasteiger partial charge in [-0.15, -0.1) is 0 Å². The summed E-state index contributed by atoms with van der Waals surface area (Å²) in [7, 11) is 4.62. The van der Waals surface area contributed by atoms with Crippen LogP contribution in [0.15, 0.2) is 23.1 Å². The quantitative estimate of drug-likeness (QED) is 0.292. The minimum absolute atomic E-state index is 0.292. The molecule has 128 valence electrons. The molecule has 0 radical (unpaired) electrons. The minimum atomic E-state index is -0.565. The van der Waals surface area contributed by atoms with Crippen LogP contribution < -0.4 is 5.32 Å². The lowest BCUT2D eigenvalue weighted by Gasteiger charge is -2.40. The molecule has 0 aromatic carbocycles. The zero-order valence-electron chi connectivity index (χ0n) is 13.6. The third-order valence-corrected chi connectivity index (χ3v) is 3.57. The highest BCUT2D eigenvalue weighted by atomic mass is 16.6. The van der Waals surface area contributed by atoms with Crippen LogP contribution in [0.1, 0.15) is 6.92 Å². The van der Waals surface area contributed by atoms with Gasteiger partial charge in [0.2, 0.25) is 0 Å².